The molecule has 0 saturated carbocycles. The molecule has 0 bridgehead atoms. The van der Waals surface area contributed by atoms with Crippen LogP contribution in [-0.2, 0) is 6.42 Å². The third-order valence-corrected chi connectivity index (χ3v) is 2.84. The molecular formula is C14H22FN. The van der Waals surface area contributed by atoms with Crippen LogP contribution < -0.4 is 5.32 Å². The molecule has 1 aromatic rings. The summed E-state index contributed by atoms with van der Waals surface area (Å²) >= 11 is 0. The molecule has 16 heavy (non-hydrogen) atoms. The SMILES string of the molecule is CC.Fc1ccc(CC2CCCNC2)cc1. The molecule has 0 aliphatic carbocycles. The van der Waals surface area contributed by atoms with Gasteiger partial charge in [0.05, 0.1) is 0 Å². The first-order valence-electron chi connectivity index (χ1n) is 6.30. The molecule has 1 aliphatic heterocycles. The minimum Gasteiger partial charge on any atom is -0.316 e. The quantitative estimate of drug-likeness (QED) is 0.810. The Balaban J connectivity index is 0.000000606. The van der Waals surface area contributed by atoms with E-state index in [0.717, 1.165) is 25.4 Å². The van der Waals surface area contributed by atoms with Gasteiger partial charge in [0.1, 0.15) is 5.82 Å². The molecule has 1 saturated heterocycles. The average Bonchev–Trinajstić information content (AvgIpc) is 2.36. The first-order valence-corrected chi connectivity index (χ1v) is 6.30. The van der Waals surface area contributed by atoms with Crippen LogP contribution in [0.4, 0.5) is 4.39 Å². The molecule has 1 aliphatic rings. The molecule has 1 heterocycles. The van der Waals surface area contributed by atoms with Gasteiger partial charge in [-0.05, 0) is 56.0 Å². The lowest BCUT2D eigenvalue weighted by molar-refractivity contribution is 0.376. The van der Waals surface area contributed by atoms with Crippen LogP contribution in [0.5, 0.6) is 0 Å². The van der Waals surface area contributed by atoms with E-state index in [4.69, 9.17) is 0 Å². The third-order valence-electron chi connectivity index (χ3n) is 2.84. The summed E-state index contributed by atoms with van der Waals surface area (Å²) in [7, 11) is 0. The van der Waals surface area contributed by atoms with E-state index in [0.29, 0.717) is 0 Å². The summed E-state index contributed by atoms with van der Waals surface area (Å²) < 4.78 is 12.7. The fourth-order valence-electron chi connectivity index (χ4n) is 2.05. The molecule has 1 N–H and O–H groups in total. The normalized spacial score (nSPS) is 19.8. The van der Waals surface area contributed by atoms with Crippen LogP contribution >= 0.6 is 0 Å². The van der Waals surface area contributed by atoms with Crippen molar-refractivity contribution < 1.29 is 4.39 Å². The van der Waals surface area contributed by atoms with Crippen molar-refractivity contribution in [1.29, 1.82) is 0 Å². The summed E-state index contributed by atoms with van der Waals surface area (Å²) in [5.41, 5.74) is 1.25. The number of piperidine rings is 1. The number of benzene rings is 1. The molecule has 1 fully saturated rings. The van der Waals surface area contributed by atoms with Crippen molar-refractivity contribution in [3.05, 3.63) is 35.6 Å². The van der Waals surface area contributed by atoms with Gasteiger partial charge < -0.3 is 5.32 Å². The second-order valence-corrected chi connectivity index (χ2v) is 4.04. The molecule has 0 spiro atoms. The van der Waals surface area contributed by atoms with Gasteiger partial charge in [-0.25, -0.2) is 4.39 Å². The van der Waals surface area contributed by atoms with Gasteiger partial charge in [-0.2, -0.15) is 0 Å². The Labute approximate surface area is 98.1 Å². The van der Waals surface area contributed by atoms with Crippen molar-refractivity contribution in [3.63, 3.8) is 0 Å². The average molecular weight is 223 g/mol. The van der Waals surface area contributed by atoms with E-state index in [1.807, 2.05) is 26.0 Å². The van der Waals surface area contributed by atoms with Crippen LogP contribution in [0.15, 0.2) is 24.3 Å². The highest BCUT2D eigenvalue weighted by atomic mass is 19.1. The van der Waals surface area contributed by atoms with Crippen molar-refractivity contribution in [1.82, 2.24) is 5.32 Å². The van der Waals surface area contributed by atoms with Crippen molar-refractivity contribution in [2.45, 2.75) is 33.1 Å². The standard InChI is InChI=1S/C12H16FN.C2H6/c13-12-5-3-10(4-6-12)8-11-2-1-7-14-9-11;1-2/h3-6,11,14H,1-2,7-9H2;1-2H3. The number of nitrogens with one attached hydrogen (secondary N) is 1. The molecule has 1 unspecified atom stereocenters. The predicted molar refractivity (Wildman–Crippen MR) is 67.0 cm³/mol. The Kier molecular flexibility index (Phi) is 6.09. The molecule has 1 nitrogen and oxygen atoms in total. The van der Waals surface area contributed by atoms with Crippen LogP contribution in [0.25, 0.3) is 0 Å². The number of rotatable bonds is 2. The monoisotopic (exact) mass is 223 g/mol. The van der Waals surface area contributed by atoms with Gasteiger partial charge in [0, 0.05) is 0 Å². The minimum atomic E-state index is -0.143. The zero-order valence-corrected chi connectivity index (χ0v) is 10.3. The predicted octanol–water partition coefficient (Wildman–Crippen LogP) is 3.39. The molecule has 2 rings (SSSR count). The van der Waals surface area contributed by atoms with Crippen molar-refractivity contribution in [3.8, 4) is 0 Å². The number of hydrogen-bond donors (Lipinski definition) is 1. The second-order valence-electron chi connectivity index (χ2n) is 4.04. The zero-order valence-electron chi connectivity index (χ0n) is 10.3. The molecule has 1 atom stereocenters. The van der Waals surface area contributed by atoms with Crippen LogP contribution in [0.2, 0.25) is 0 Å². The fraction of sp³-hybridized carbons (Fsp3) is 0.571. The Morgan fingerprint density at radius 3 is 2.50 bits per heavy atom. The number of hydrogen-bond acceptors (Lipinski definition) is 1. The summed E-state index contributed by atoms with van der Waals surface area (Å²) in [6, 6.07) is 6.88. The highest BCUT2D eigenvalue weighted by Gasteiger charge is 2.12. The summed E-state index contributed by atoms with van der Waals surface area (Å²) in [5, 5.41) is 3.39. The molecular weight excluding hydrogens is 201 g/mol. The molecule has 0 amide bonds. The van der Waals surface area contributed by atoms with Gasteiger partial charge in [-0.15, -0.1) is 0 Å². The van der Waals surface area contributed by atoms with Crippen molar-refractivity contribution in [2.24, 2.45) is 5.92 Å². The Morgan fingerprint density at radius 1 is 1.25 bits per heavy atom. The van der Waals surface area contributed by atoms with Gasteiger partial charge >= 0.3 is 0 Å². The largest absolute Gasteiger partial charge is 0.316 e. The van der Waals surface area contributed by atoms with E-state index in [9.17, 15) is 4.39 Å². The summed E-state index contributed by atoms with van der Waals surface area (Å²) in [5.74, 6) is 0.588. The lowest BCUT2D eigenvalue weighted by Crippen LogP contribution is -2.30. The maximum absolute atomic E-state index is 12.7. The van der Waals surface area contributed by atoms with E-state index in [1.165, 1.54) is 18.4 Å². The van der Waals surface area contributed by atoms with Crippen molar-refractivity contribution in [2.75, 3.05) is 13.1 Å². The van der Waals surface area contributed by atoms with Crippen LogP contribution in [-0.4, -0.2) is 13.1 Å². The van der Waals surface area contributed by atoms with Crippen molar-refractivity contribution >= 4 is 0 Å². The summed E-state index contributed by atoms with van der Waals surface area (Å²) in [6.07, 6.45) is 3.64. The number of halogens is 1. The molecule has 2 heteroatoms. The van der Waals surface area contributed by atoms with Gasteiger partial charge in [-0.3, -0.25) is 0 Å². The molecule has 0 radical (unpaired) electrons. The zero-order chi connectivity index (χ0) is 11.8. The van der Waals surface area contributed by atoms with Gasteiger partial charge in [0.2, 0.25) is 0 Å². The summed E-state index contributed by atoms with van der Waals surface area (Å²) in [6.45, 7) is 6.26. The first kappa shape index (κ1) is 13.2. The van der Waals surface area contributed by atoms with Gasteiger partial charge in [0.25, 0.3) is 0 Å². The van der Waals surface area contributed by atoms with E-state index in [-0.39, 0.29) is 5.82 Å². The van der Waals surface area contributed by atoms with Crippen LogP contribution in [0, 0.1) is 11.7 Å². The topological polar surface area (TPSA) is 12.0 Å². The summed E-state index contributed by atoms with van der Waals surface area (Å²) in [4.78, 5) is 0. The maximum atomic E-state index is 12.7. The van der Waals surface area contributed by atoms with E-state index in [2.05, 4.69) is 5.32 Å². The lowest BCUT2D eigenvalue weighted by Gasteiger charge is -2.22. The highest BCUT2D eigenvalue weighted by molar-refractivity contribution is 5.16. The maximum Gasteiger partial charge on any atom is 0.123 e. The first-order chi connectivity index (χ1) is 7.84. The van der Waals surface area contributed by atoms with E-state index >= 15 is 0 Å². The smallest absolute Gasteiger partial charge is 0.123 e. The fourth-order valence-corrected chi connectivity index (χ4v) is 2.05. The molecule has 0 aromatic heterocycles. The third kappa shape index (κ3) is 4.31. The minimum absolute atomic E-state index is 0.143. The van der Waals surface area contributed by atoms with Crippen LogP contribution in [0.1, 0.15) is 32.3 Å². The second kappa shape index (κ2) is 7.39. The van der Waals surface area contributed by atoms with E-state index in [1.54, 1.807) is 12.1 Å². The molecule has 1 aromatic carbocycles. The van der Waals surface area contributed by atoms with Gasteiger partial charge in [0.15, 0.2) is 0 Å². The highest BCUT2D eigenvalue weighted by Crippen LogP contribution is 2.16. The Bertz CT molecular complexity index is 275. The van der Waals surface area contributed by atoms with Gasteiger partial charge in [-0.1, -0.05) is 26.0 Å². The Morgan fingerprint density at radius 2 is 1.94 bits per heavy atom. The Hall–Kier alpha value is -0.890. The molecule has 90 valence electrons. The van der Waals surface area contributed by atoms with E-state index < -0.39 is 0 Å². The lowest BCUT2D eigenvalue weighted by atomic mass is 9.92. The van der Waals surface area contributed by atoms with Crippen LogP contribution in [0.3, 0.4) is 0 Å².